The van der Waals surface area contributed by atoms with Crippen molar-refractivity contribution in [2.75, 3.05) is 24.5 Å². The highest BCUT2D eigenvalue weighted by Crippen LogP contribution is 2.10. The number of hydrazone groups is 1. The van der Waals surface area contributed by atoms with E-state index in [0.29, 0.717) is 0 Å². The van der Waals surface area contributed by atoms with Crippen LogP contribution in [-0.4, -0.2) is 35.2 Å². The molecule has 0 unspecified atom stereocenters. The van der Waals surface area contributed by atoms with Gasteiger partial charge in [-0.3, -0.25) is 0 Å². The van der Waals surface area contributed by atoms with E-state index in [4.69, 9.17) is 0 Å². The van der Waals surface area contributed by atoms with Gasteiger partial charge in [-0.25, -0.2) is 4.98 Å². The molecule has 1 aromatic heterocycles. The fraction of sp³-hybridized carbons (Fsp3) is 0.182. The summed E-state index contributed by atoms with van der Waals surface area (Å²) in [6.45, 7) is 0. The van der Waals surface area contributed by atoms with Crippen molar-refractivity contribution in [3.63, 3.8) is 0 Å². The molecule has 0 aliphatic heterocycles. The molecule has 2 aromatic rings. The average molecular weight is 230 g/mol. The van der Waals surface area contributed by atoms with Crippen LogP contribution in [0.2, 0.25) is 0 Å². The first kappa shape index (κ1) is 11.1. The highest BCUT2D eigenvalue weighted by molar-refractivity contribution is 5.80. The van der Waals surface area contributed by atoms with E-state index in [1.54, 1.807) is 6.21 Å². The number of benzene rings is 1. The fourth-order valence-electron chi connectivity index (χ4n) is 1.28. The number of aromatic nitrogens is 3. The molecular formula is C11H14N6. The van der Waals surface area contributed by atoms with Gasteiger partial charge < -0.3 is 4.90 Å². The minimum atomic E-state index is 1.02. The molecule has 1 N–H and O–H groups in total. The van der Waals surface area contributed by atoms with Crippen LogP contribution in [0.3, 0.4) is 0 Å². The Balaban J connectivity index is 1.96. The van der Waals surface area contributed by atoms with E-state index < -0.39 is 0 Å². The second-order valence-electron chi connectivity index (χ2n) is 3.68. The van der Waals surface area contributed by atoms with Crippen LogP contribution in [0.15, 0.2) is 42.0 Å². The van der Waals surface area contributed by atoms with Gasteiger partial charge >= 0.3 is 0 Å². The normalized spacial score (nSPS) is 10.7. The molecule has 0 aliphatic rings. The van der Waals surface area contributed by atoms with Gasteiger partial charge in [0.2, 0.25) is 0 Å². The molecule has 1 heterocycles. The molecule has 17 heavy (non-hydrogen) atoms. The second kappa shape index (κ2) is 5.11. The van der Waals surface area contributed by atoms with E-state index in [1.165, 1.54) is 17.4 Å². The molecule has 1 aromatic carbocycles. The van der Waals surface area contributed by atoms with Crippen LogP contribution in [0.1, 0.15) is 5.56 Å². The lowest BCUT2D eigenvalue weighted by molar-refractivity contribution is 0.754. The maximum absolute atomic E-state index is 4.03. The highest BCUT2D eigenvalue weighted by Gasteiger charge is 1.93. The maximum Gasteiger partial charge on any atom is 0.139 e. The molecule has 0 amide bonds. The van der Waals surface area contributed by atoms with E-state index in [9.17, 15) is 0 Å². The number of nitrogens with zero attached hydrogens (tertiary/aromatic N) is 5. The summed E-state index contributed by atoms with van der Waals surface area (Å²) in [7, 11) is 4.02. The Morgan fingerprint density at radius 2 is 2.06 bits per heavy atom. The molecule has 0 aliphatic carbocycles. The first-order valence-corrected chi connectivity index (χ1v) is 5.17. The van der Waals surface area contributed by atoms with Gasteiger partial charge in [-0.1, -0.05) is 12.1 Å². The molecule has 0 spiro atoms. The van der Waals surface area contributed by atoms with Crippen molar-refractivity contribution in [2.45, 2.75) is 0 Å². The number of anilines is 1. The predicted octanol–water partition coefficient (Wildman–Crippen LogP) is 0.922. The average Bonchev–Trinajstić information content (AvgIpc) is 2.83. The summed E-state index contributed by atoms with van der Waals surface area (Å²) >= 11 is 0. The zero-order chi connectivity index (χ0) is 12.1. The van der Waals surface area contributed by atoms with Crippen molar-refractivity contribution in [2.24, 2.45) is 5.10 Å². The Bertz CT molecular complexity index is 471. The van der Waals surface area contributed by atoms with Crippen molar-refractivity contribution >= 4 is 11.9 Å². The van der Waals surface area contributed by atoms with Crippen LogP contribution >= 0.6 is 0 Å². The molecular weight excluding hydrogens is 216 g/mol. The number of nitrogens with one attached hydrogen (secondary N) is 1. The van der Waals surface area contributed by atoms with Crippen molar-refractivity contribution in [1.29, 1.82) is 0 Å². The first-order chi connectivity index (χ1) is 8.25. The zero-order valence-corrected chi connectivity index (χ0v) is 9.78. The summed E-state index contributed by atoms with van der Waals surface area (Å²) in [4.78, 5) is 7.26. The summed E-state index contributed by atoms with van der Waals surface area (Å²) in [6, 6.07) is 8.08. The summed E-state index contributed by atoms with van der Waals surface area (Å²) < 4.78 is 0. The third-order valence-electron chi connectivity index (χ3n) is 2.20. The smallest absolute Gasteiger partial charge is 0.139 e. The molecule has 0 radical (unpaired) electrons. The molecule has 2 rings (SSSR count). The van der Waals surface area contributed by atoms with Crippen LogP contribution < -0.4 is 10.4 Å². The van der Waals surface area contributed by atoms with Crippen LogP contribution in [0.5, 0.6) is 0 Å². The van der Waals surface area contributed by atoms with Gasteiger partial charge in [0.05, 0.1) is 6.21 Å². The highest BCUT2D eigenvalue weighted by atomic mass is 15.7. The number of hydrogen-bond donors (Lipinski definition) is 1. The standard InChI is InChI=1S/C11H14N6/c1-16(2)11-5-3-10(4-6-11)7-13-15-17-9-12-8-14-17/h3-9,15H,1-2H3. The Morgan fingerprint density at radius 3 is 2.65 bits per heavy atom. The van der Waals surface area contributed by atoms with E-state index >= 15 is 0 Å². The fourth-order valence-corrected chi connectivity index (χ4v) is 1.28. The van der Waals surface area contributed by atoms with E-state index in [2.05, 4.69) is 25.6 Å². The molecule has 0 saturated carbocycles. The van der Waals surface area contributed by atoms with E-state index in [0.717, 1.165) is 11.3 Å². The summed E-state index contributed by atoms with van der Waals surface area (Å²) in [5.41, 5.74) is 4.89. The van der Waals surface area contributed by atoms with Gasteiger partial charge in [-0.2, -0.15) is 10.6 Å². The Labute approximate surface area is 99.6 Å². The monoisotopic (exact) mass is 230 g/mol. The lowest BCUT2D eigenvalue weighted by Gasteiger charge is -2.11. The van der Waals surface area contributed by atoms with Gasteiger partial charge in [-0.15, -0.1) is 9.89 Å². The molecule has 0 bridgehead atoms. The van der Waals surface area contributed by atoms with Gasteiger partial charge in [0.25, 0.3) is 0 Å². The van der Waals surface area contributed by atoms with Crippen LogP contribution in [0.4, 0.5) is 5.69 Å². The minimum Gasteiger partial charge on any atom is -0.378 e. The van der Waals surface area contributed by atoms with Crippen molar-refractivity contribution < 1.29 is 0 Å². The van der Waals surface area contributed by atoms with Crippen molar-refractivity contribution in [3.05, 3.63) is 42.5 Å². The molecule has 6 heteroatoms. The molecule has 0 atom stereocenters. The van der Waals surface area contributed by atoms with Crippen LogP contribution in [0.25, 0.3) is 0 Å². The topological polar surface area (TPSA) is 58.3 Å². The van der Waals surface area contributed by atoms with Gasteiger partial charge in [0.1, 0.15) is 12.7 Å². The lowest BCUT2D eigenvalue weighted by atomic mass is 10.2. The third kappa shape index (κ3) is 3.04. The SMILES string of the molecule is CN(C)c1ccc(C=NNn2cncn2)cc1. The molecule has 0 fully saturated rings. The zero-order valence-electron chi connectivity index (χ0n) is 9.78. The quantitative estimate of drug-likeness (QED) is 0.627. The first-order valence-electron chi connectivity index (χ1n) is 5.17. The second-order valence-corrected chi connectivity index (χ2v) is 3.68. The number of hydrogen-bond acceptors (Lipinski definition) is 5. The van der Waals surface area contributed by atoms with E-state index in [-0.39, 0.29) is 0 Å². The Morgan fingerprint density at radius 1 is 1.29 bits per heavy atom. The van der Waals surface area contributed by atoms with Crippen LogP contribution in [-0.2, 0) is 0 Å². The van der Waals surface area contributed by atoms with Gasteiger partial charge in [-0.05, 0) is 17.7 Å². The molecule has 0 saturated heterocycles. The third-order valence-corrected chi connectivity index (χ3v) is 2.20. The molecule has 88 valence electrons. The summed E-state index contributed by atoms with van der Waals surface area (Å²) in [6.07, 6.45) is 4.70. The molecule has 6 nitrogen and oxygen atoms in total. The van der Waals surface area contributed by atoms with Gasteiger partial charge in [0, 0.05) is 19.8 Å². The largest absolute Gasteiger partial charge is 0.378 e. The van der Waals surface area contributed by atoms with Crippen molar-refractivity contribution in [1.82, 2.24) is 14.9 Å². The Kier molecular flexibility index (Phi) is 3.34. The number of rotatable bonds is 4. The van der Waals surface area contributed by atoms with E-state index in [1.807, 2.05) is 38.4 Å². The predicted molar refractivity (Wildman–Crippen MR) is 67.7 cm³/mol. The van der Waals surface area contributed by atoms with Crippen molar-refractivity contribution in [3.8, 4) is 0 Å². The maximum atomic E-state index is 4.03. The Hall–Kier alpha value is -2.37. The summed E-state index contributed by atoms with van der Waals surface area (Å²) in [5.74, 6) is 0. The summed E-state index contributed by atoms with van der Waals surface area (Å²) in [5, 5.41) is 7.89. The minimum absolute atomic E-state index is 1.02. The lowest BCUT2D eigenvalue weighted by Crippen LogP contribution is -2.09. The van der Waals surface area contributed by atoms with Gasteiger partial charge in [0.15, 0.2) is 0 Å². The van der Waals surface area contributed by atoms with Crippen LogP contribution in [0, 0.1) is 0 Å².